The van der Waals surface area contributed by atoms with Crippen molar-refractivity contribution in [1.29, 1.82) is 5.26 Å². The summed E-state index contributed by atoms with van der Waals surface area (Å²) < 4.78 is 0. The molecule has 0 saturated heterocycles. The normalized spacial score (nSPS) is 11.7. The Labute approximate surface area is 60.1 Å². The predicted molar refractivity (Wildman–Crippen MR) is 37.8 cm³/mol. The standard InChI is InChI=1S/C7H10N2O/c1-3-5(2)6(4-8)7(9)10/h3H2,1-2H3,(H2,9,10)/b6-5-. The van der Waals surface area contributed by atoms with Crippen LogP contribution in [0.5, 0.6) is 0 Å². The number of carbonyl (C=O) groups is 1. The molecule has 54 valence electrons. The number of hydrogen-bond acceptors (Lipinski definition) is 2. The second-order valence-corrected chi connectivity index (χ2v) is 1.98. The van der Waals surface area contributed by atoms with E-state index in [1.54, 1.807) is 13.0 Å². The minimum atomic E-state index is -0.637. The molecule has 3 nitrogen and oxygen atoms in total. The first-order chi connectivity index (χ1) is 4.63. The lowest BCUT2D eigenvalue weighted by atomic mass is 10.1. The Balaban J connectivity index is 4.68. The fourth-order valence-corrected chi connectivity index (χ4v) is 0.538. The van der Waals surface area contributed by atoms with E-state index in [1.165, 1.54) is 0 Å². The van der Waals surface area contributed by atoms with Gasteiger partial charge in [0.05, 0.1) is 0 Å². The molecular formula is C7H10N2O. The van der Waals surface area contributed by atoms with Crippen molar-refractivity contribution in [2.75, 3.05) is 0 Å². The molecule has 0 aromatic carbocycles. The molecule has 0 radical (unpaired) electrons. The highest BCUT2D eigenvalue weighted by Gasteiger charge is 2.05. The third kappa shape index (κ3) is 1.90. The Kier molecular flexibility index (Phi) is 3.20. The van der Waals surface area contributed by atoms with E-state index >= 15 is 0 Å². The van der Waals surface area contributed by atoms with Gasteiger partial charge < -0.3 is 5.73 Å². The number of primary amides is 1. The van der Waals surface area contributed by atoms with Crippen LogP contribution in [0.25, 0.3) is 0 Å². The molecular weight excluding hydrogens is 128 g/mol. The SMILES string of the molecule is CC/C(C)=C(/C#N)C(N)=O. The second kappa shape index (κ2) is 3.67. The summed E-state index contributed by atoms with van der Waals surface area (Å²) in [5.41, 5.74) is 5.74. The van der Waals surface area contributed by atoms with Crippen LogP contribution in [0.3, 0.4) is 0 Å². The Morgan fingerprint density at radius 1 is 1.70 bits per heavy atom. The fourth-order valence-electron chi connectivity index (χ4n) is 0.538. The molecule has 0 aliphatic rings. The molecule has 0 unspecified atom stereocenters. The van der Waals surface area contributed by atoms with Gasteiger partial charge >= 0.3 is 0 Å². The van der Waals surface area contributed by atoms with Gasteiger partial charge in [-0.05, 0) is 13.3 Å². The van der Waals surface area contributed by atoms with Crippen LogP contribution < -0.4 is 5.73 Å². The summed E-state index contributed by atoms with van der Waals surface area (Å²) in [7, 11) is 0. The Morgan fingerprint density at radius 2 is 2.20 bits per heavy atom. The Morgan fingerprint density at radius 3 is 2.30 bits per heavy atom. The zero-order chi connectivity index (χ0) is 8.15. The van der Waals surface area contributed by atoms with Crippen LogP contribution in [0.4, 0.5) is 0 Å². The van der Waals surface area contributed by atoms with Crippen LogP contribution in [0.1, 0.15) is 20.3 Å². The molecule has 0 spiro atoms. The number of allylic oxidation sites excluding steroid dienone is 1. The first kappa shape index (κ1) is 8.70. The van der Waals surface area contributed by atoms with Crippen molar-refractivity contribution >= 4 is 5.91 Å². The highest BCUT2D eigenvalue weighted by atomic mass is 16.1. The van der Waals surface area contributed by atoms with Crippen LogP contribution in [-0.4, -0.2) is 5.91 Å². The van der Waals surface area contributed by atoms with Gasteiger partial charge in [-0.2, -0.15) is 5.26 Å². The number of nitrogens with two attached hydrogens (primary N) is 1. The highest BCUT2D eigenvalue weighted by Crippen LogP contribution is 2.05. The van der Waals surface area contributed by atoms with E-state index in [9.17, 15) is 4.79 Å². The number of amides is 1. The molecule has 0 aromatic rings. The summed E-state index contributed by atoms with van der Waals surface area (Å²) in [5, 5.41) is 8.39. The van der Waals surface area contributed by atoms with Gasteiger partial charge in [0, 0.05) is 0 Å². The topological polar surface area (TPSA) is 66.9 Å². The second-order valence-electron chi connectivity index (χ2n) is 1.98. The lowest BCUT2D eigenvalue weighted by Gasteiger charge is -1.95. The summed E-state index contributed by atoms with van der Waals surface area (Å²) in [6, 6.07) is 1.76. The number of carbonyl (C=O) groups excluding carboxylic acids is 1. The zero-order valence-electron chi connectivity index (χ0n) is 6.14. The summed E-state index contributed by atoms with van der Waals surface area (Å²) >= 11 is 0. The largest absolute Gasteiger partial charge is 0.365 e. The van der Waals surface area contributed by atoms with Gasteiger partial charge in [-0.3, -0.25) is 4.79 Å². The highest BCUT2D eigenvalue weighted by molar-refractivity contribution is 5.96. The van der Waals surface area contributed by atoms with E-state index in [2.05, 4.69) is 0 Å². The van der Waals surface area contributed by atoms with E-state index in [4.69, 9.17) is 11.0 Å². The van der Waals surface area contributed by atoms with Crippen LogP contribution >= 0.6 is 0 Å². The van der Waals surface area contributed by atoms with E-state index in [1.807, 2.05) is 6.92 Å². The molecule has 1 amide bonds. The van der Waals surface area contributed by atoms with Crippen molar-refractivity contribution in [3.63, 3.8) is 0 Å². The lowest BCUT2D eigenvalue weighted by molar-refractivity contribution is -0.114. The maximum absolute atomic E-state index is 10.5. The van der Waals surface area contributed by atoms with Crippen LogP contribution in [0.15, 0.2) is 11.1 Å². The van der Waals surface area contributed by atoms with Gasteiger partial charge in [0.2, 0.25) is 0 Å². The Hall–Kier alpha value is -1.30. The van der Waals surface area contributed by atoms with Crippen LogP contribution in [0.2, 0.25) is 0 Å². The Bertz CT molecular complexity index is 210. The molecule has 2 N–H and O–H groups in total. The molecule has 0 aliphatic carbocycles. The lowest BCUT2D eigenvalue weighted by Crippen LogP contribution is -2.14. The monoisotopic (exact) mass is 138 g/mol. The van der Waals surface area contributed by atoms with E-state index in [0.29, 0.717) is 6.42 Å². The summed E-state index contributed by atoms with van der Waals surface area (Å²) in [6.07, 6.45) is 0.686. The van der Waals surface area contributed by atoms with Gasteiger partial charge in [-0.1, -0.05) is 12.5 Å². The maximum Gasteiger partial charge on any atom is 0.259 e. The molecule has 0 aromatic heterocycles. The van der Waals surface area contributed by atoms with Gasteiger partial charge in [-0.25, -0.2) is 0 Å². The van der Waals surface area contributed by atoms with E-state index in [0.717, 1.165) is 5.57 Å². The van der Waals surface area contributed by atoms with Crippen LogP contribution in [-0.2, 0) is 4.79 Å². The smallest absolute Gasteiger partial charge is 0.259 e. The quantitative estimate of drug-likeness (QED) is 0.451. The average molecular weight is 138 g/mol. The van der Waals surface area contributed by atoms with E-state index in [-0.39, 0.29) is 5.57 Å². The van der Waals surface area contributed by atoms with Crippen LogP contribution in [0, 0.1) is 11.3 Å². The predicted octanol–water partition coefficient (Wildman–Crippen LogP) is 0.722. The summed E-state index contributed by atoms with van der Waals surface area (Å²) in [5.74, 6) is -0.637. The molecule has 10 heavy (non-hydrogen) atoms. The van der Waals surface area contributed by atoms with Crippen molar-refractivity contribution < 1.29 is 4.79 Å². The molecule has 0 bridgehead atoms. The van der Waals surface area contributed by atoms with Gasteiger partial charge in [0.1, 0.15) is 11.6 Å². The average Bonchev–Trinajstić information content (AvgIpc) is 1.88. The summed E-state index contributed by atoms with van der Waals surface area (Å²) in [6.45, 7) is 3.60. The zero-order valence-corrected chi connectivity index (χ0v) is 6.14. The van der Waals surface area contributed by atoms with Crippen molar-refractivity contribution in [1.82, 2.24) is 0 Å². The number of nitrogens with zero attached hydrogens (tertiary/aromatic N) is 1. The van der Waals surface area contributed by atoms with E-state index < -0.39 is 5.91 Å². The van der Waals surface area contributed by atoms with Gasteiger partial charge in [0.25, 0.3) is 5.91 Å². The van der Waals surface area contributed by atoms with Crippen molar-refractivity contribution in [2.45, 2.75) is 20.3 Å². The van der Waals surface area contributed by atoms with Crippen molar-refractivity contribution in [2.24, 2.45) is 5.73 Å². The number of hydrogen-bond donors (Lipinski definition) is 1. The molecule has 3 heteroatoms. The third-order valence-corrected chi connectivity index (χ3v) is 1.32. The summed E-state index contributed by atoms with van der Waals surface area (Å²) in [4.78, 5) is 10.5. The minimum absolute atomic E-state index is 0.0856. The van der Waals surface area contributed by atoms with Crippen molar-refractivity contribution in [3.8, 4) is 6.07 Å². The number of rotatable bonds is 2. The molecule has 0 heterocycles. The number of nitriles is 1. The molecule has 0 atom stereocenters. The third-order valence-electron chi connectivity index (χ3n) is 1.32. The molecule has 0 fully saturated rings. The minimum Gasteiger partial charge on any atom is -0.365 e. The van der Waals surface area contributed by atoms with Gasteiger partial charge in [0.15, 0.2) is 0 Å². The first-order valence-corrected chi connectivity index (χ1v) is 3.03. The first-order valence-electron chi connectivity index (χ1n) is 3.03. The van der Waals surface area contributed by atoms with Crippen molar-refractivity contribution in [3.05, 3.63) is 11.1 Å². The molecule has 0 saturated carbocycles. The van der Waals surface area contributed by atoms with Gasteiger partial charge in [-0.15, -0.1) is 0 Å². The maximum atomic E-state index is 10.5. The molecule has 0 aliphatic heterocycles. The fraction of sp³-hybridized carbons (Fsp3) is 0.429. The molecule has 0 rings (SSSR count).